The smallest absolute Gasteiger partial charge is 0.161 e. The number of hydrogen-bond acceptors (Lipinski definition) is 2. The van der Waals surface area contributed by atoms with E-state index in [9.17, 15) is 0 Å². The van der Waals surface area contributed by atoms with Crippen LogP contribution in [-0.2, 0) is 0 Å². The molecule has 0 fully saturated rings. The van der Waals surface area contributed by atoms with Crippen molar-refractivity contribution in [1.29, 1.82) is 0 Å². The van der Waals surface area contributed by atoms with Gasteiger partial charge < -0.3 is 9.13 Å². The molecule has 10 aromatic carbocycles. The number of rotatable bonds is 8. The molecule has 0 amide bonds. The molecule has 4 nitrogen and oxygen atoms in total. The summed E-state index contributed by atoms with van der Waals surface area (Å²) in [5.41, 5.74) is 26.1. The third-order valence-corrected chi connectivity index (χ3v) is 15.1. The number of aromatic nitrogens is 4. The Bertz CT molecular complexity index is 4090. The van der Waals surface area contributed by atoms with Gasteiger partial charge in [0, 0.05) is 49.4 Å². The van der Waals surface area contributed by atoms with E-state index in [-0.39, 0.29) is 0 Å². The molecule has 0 aliphatic heterocycles. The van der Waals surface area contributed by atoms with Gasteiger partial charge in [0.25, 0.3) is 0 Å². The lowest BCUT2D eigenvalue weighted by atomic mass is 9.91. The van der Waals surface area contributed by atoms with Gasteiger partial charge in [-0.1, -0.05) is 175 Å². The first kappa shape index (κ1) is 44.8. The number of fused-ring (bicyclic) bond motifs is 6. The fourth-order valence-electron chi connectivity index (χ4n) is 12.2. The van der Waals surface area contributed by atoms with E-state index in [0.29, 0.717) is 5.82 Å². The van der Waals surface area contributed by atoms with Crippen molar-refractivity contribution < 1.29 is 0 Å². The minimum atomic E-state index is 0.653. The van der Waals surface area contributed by atoms with Gasteiger partial charge in [0.1, 0.15) is 0 Å². The van der Waals surface area contributed by atoms with Crippen molar-refractivity contribution >= 4 is 43.6 Å². The lowest BCUT2D eigenvalue weighted by Gasteiger charge is -2.21. The van der Waals surface area contributed by atoms with E-state index < -0.39 is 0 Å². The summed E-state index contributed by atoms with van der Waals surface area (Å²) in [5.74, 6) is 0.653. The molecule has 13 aromatic rings. The highest BCUT2D eigenvalue weighted by molar-refractivity contribution is 6.14. The molecule has 0 spiro atoms. The molecule has 0 radical (unpaired) electrons. The van der Waals surface area contributed by atoms with Gasteiger partial charge in [0.05, 0.1) is 44.8 Å². The van der Waals surface area contributed by atoms with E-state index in [1.807, 2.05) is 0 Å². The van der Waals surface area contributed by atoms with Crippen LogP contribution in [0.2, 0.25) is 0 Å². The fraction of sp³-hybridized carbons (Fsp3) is 0.0857. The zero-order chi connectivity index (χ0) is 50.2. The number of nitrogens with zero attached hydrogens (tertiary/aromatic N) is 4. The van der Waals surface area contributed by atoms with E-state index in [0.717, 1.165) is 72.6 Å². The third-order valence-electron chi connectivity index (χ3n) is 15.1. The van der Waals surface area contributed by atoms with Crippen LogP contribution in [0.4, 0.5) is 0 Å². The van der Waals surface area contributed by atoms with Crippen LogP contribution in [0.3, 0.4) is 0 Å². The highest BCUT2D eigenvalue weighted by Crippen LogP contribution is 2.46. The highest BCUT2D eigenvalue weighted by atomic mass is 15.0. The molecule has 13 rings (SSSR count). The standard InChI is InChI=1S/C70H54N4/c1-43-36-45(3)67(46(4)37-43)51-32-34-64-57(40-51)58-41-52(68-47(5)38-44(2)39-48(68)6)33-35-65(58)74(64)66-31-19-27-56(70-71-59(49-20-9-7-10-21-49)42-60(72-70)50-22-11-8-12-23-50)69(66)55-26-15-18-30-63(55)73-61-28-16-13-24-53(61)54-25-14-17-29-62(54)73/h7-42H,1-6H3. The fourth-order valence-corrected chi connectivity index (χ4v) is 12.2. The summed E-state index contributed by atoms with van der Waals surface area (Å²) in [6.07, 6.45) is 0. The third kappa shape index (κ3) is 7.44. The van der Waals surface area contributed by atoms with Gasteiger partial charge in [-0.25, -0.2) is 9.97 Å². The molecule has 0 atom stereocenters. The first-order valence-electron chi connectivity index (χ1n) is 25.6. The molecule has 0 saturated carbocycles. The van der Waals surface area contributed by atoms with Gasteiger partial charge >= 0.3 is 0 Å². The monoisotopic (exact) mass is 950 g/mol. The average Bonchev–Trinajstić information content (AvgIpc) is 3.93. The molecule has 3 aromatic heterocycles. The zero-order valence-electron chi connectivity index (χ0n) is 42.6. The predicted molar refractivity (Wildman–Crippen MR) is 312 cm³/mol. The first-order chi connectivity index (χ1) is 36.2. The predicted octanol–water partition coefficient (Wildman–Crippen LogP) is 18.5. The molecule has 0 unspecified atom stereocenters. The normalized spacial score (nSPS) is 11.6. The van der Waals surface area contributed by atoms with E-state index in [1.54, 1.807) is 0 Å². The van der Waals surface area contributed by atoms with Crippen molar-refractivity contribution in [2.75, 3.05) is 0 Å². The van der Waals surface area contributed by atoms with Crippen molar-refractivity contribution in [3.05, 3.63) is 252 Å². The molecular formula is C70H54N4. The second kappa shape index (κ2) is 17.9. The van der Waals surface area contributed by atoms with Crippen LogP contribution in [0.25, 0.3) is 122 Å². The Hall–Kier alpha value is -9.12. The van der Waals surface area contributed by atoms with Crippen LogP contribution in [0, 0.1) is 41.5 Å². The Morgan fingerprint density at radius 3 is 1.20 bits per heavy atom. The molecule has 0 bridgehead atoms. The van der Waals surface area contributed by atoms with Crippen molar-refractivity contribution in [2.45, 2.75) is 41.5 Å². The Balaban J connectivity index is 1.16. The second-order valence-electron chi connectivity index (χ2n) is 20.1. The molecule has 0 saturated heterocycles. The number of aryl methyl sites for hydroxylation is 6. The van der Waals surface area contributed by atoms with Gasteiger partial charge in [-0.15, -0.1) is 0 Å². The van der Waals surface area contributed by atoms with Gasteiger partial charge in [0.2, 0.25) is 0 Å². The number of benzene rings is 10. The summed E-state index contributed by atoms with van der Waals surface area (Å²) < 4.78 is 4.95. The summed E-state index contributed by atoms with van der Waals surface area (Å²) in [6.45, 7) is 13.4. The Morgan fingerprint density at radius 1 is 0.284 bits per heavy atom. The second-order valence-corrected chi connectivity index (χ2v) is 20.1. The lowest BCUT2D eigenvalue weighted by molar-refractivity contribution is 1.15. The molecule has 3 heterocycles. The minimum Gasteiger partial charge on any atom is -0.309 e. The van der Waals surface area contributed by atoms with Crippen LogP contribution in [0.15, 0.2) is 218 Å². The molecule has 0 aliphatic rings. The van der Waals surface area contributed by atoms with Crippen molar-refractivity contribution in [2.24, 2.45) is 0 Å². The molecule has 4 heteroatoms. The Morgan fingerprint density at radius 2 is 0.689 bits per heavy atom. The summed E-state index contributed by atoms with van der Waals surface area (Å²) >= 11 is 0. The Kier molecular flexibility index (Phi) is 10.8. The summed E-state index contributed by atoms with van der Waals surface area (Å²) in [4.78, 5) is 11.1. The van der Waals surface area contributed by atoms with E-state index in [2.05, 4.69) is 269 Å². The van der Waals surface area contributed by atoms with Gasteiger partial charge in [0.15, 0.2) is 5.82 Å². The van der Waals surface area contributed by atoms with E-state index >= 15 is 0 Å². The maximum Gasteiger partial charge on any atom is 0.161 e. The molecular weight excluding hydrogens is 897 g/mol. The van der Waals surface area contributed by atoms with Gasteiger partial charge in [-0.05, 0) is 141 Å². The van der Waals surface area contributed by atoms with Crippen LogP contribution in [0.5, 0.6) is 0 Å². The molecule has 74 heavy (non-hydrogen) atoms. The molecule has 0 aliphatic carbocycles. The van der Waals surface area contributed by atoms with Crippen LogP contribution >= 0.6 is 0 Å². The van der Waals surface area contributed by atoms with E-state index in [1.165, 1.54) is 77.2 Å². The van der Waals surface area contributed by atoms with Crippen molar-refractivity contribution in [3.63, 3.8) is 0 Å². The SMILES string of the molecule is Cc1cc(C)c(-c2ccc3c(c2)c2cc(-c4c(C)cc(C)cc4C)ccc2n3-c2cccc(-c3nc(-c4ccccc4)cc(-c4ccccc4)n3)c2-c2ccccc2-n2c3ccccc3c3ccccc32)c(C)c1. The van der Waals surface area contributed by atoms with E-state index in [4.69, 9.17) is 9.97 Å². The van der Waals surface area contributed by atoms with Crippen LogP contribution < -0.4 is 0 Å². The van der Waals surface area contributed by atoms with Crippen LogP contribution in [0.1, 0.15) is 33.4 Å². The largest absolute Gasteiger partial charge is 0.309 e. The average molecular weight is 951 g/mol. The van der Waals surface area contributed by atoms with Gasteiger partial charge in [-0.3, -0.25) is 0 Å². The maximum absolute atomic E-state index is 5.53. The van der Waals surface area contributed by atoms with Crippen molar-refractivity contribution in [3.8, 4) is 78.7 Å². The van der Waals surface area contributed by atoms with Crippen molar-refractivity contribution in [1.82, 2.24) is 19.1 Å². The summed E-state index contributed by atoms with van der Waals surface area (Å²) in [5, 5.41) is 4.82. The molecule has 0 N–H and O–H groups in total. The first-order valence-corrected chi connectivity index (χ1v) is 25.6. The highest BCUT2D eigenvalue weighted by Gasteiger charge is 2.26. The lowest BCUT2D eigenvalue weighted by Crippen LogP contribution is -2.04. The quantitative estimate of drug-likeness (QED) is 0.152. The topological polar surface area (TPSA) is 35.6 Å². The van der Waals surface area contributed by atoms with Crippen LogP contribution in [-0.4, -0.2) is 19.1 Å². The number of para-hydroxylation sites is 3. The summed E-state index contributed by atoms with van der Waals surface area (Å²) in [6, 6.07) is 79.7. The molecule has 354 valence electrons. The maximum atomic E-state index is 5.53. The Labute approximate surface area is 432 Å². The minimum absolute atomic E-state index is 0.653. The van der Waals surface area contributed by atoms with Gasteiger partial charge in [-0.2, -0.15) is 0 Å². The summed E-state index contributed by atoms with van der Waals surface area (Å²) in [7, 11) is 0. The zero-order valence-corrected chi connectivity index (χ0v) is 42.6. The number of hydrogen-bond donors (Lipinski definition) is 0.